The molecule has 0 radical (unpaired) electrons. The molecule has 1 aliphatic heterocycles. The lowest BCUT2D eigenvalue weighted by Crippen LogP contribution is -2.37. The van der Waals surface area contributed by atoms with Crippen LogP contribution in [0.25, 0.3) is 0 Å². The van der Waals surface area contributed by atoms with Crippen LogP contribution in [0.1, 0.15) is 20.3 Å². The van der Waals surface area contributed by atoms with E-state index in [0.717, 1.165) is 6.42 Å². The summed E-state index contributed by atoms with van der Waals surface area (Å²) in [7, 11) is 0. The molecule has 0 aromatic heterocycles. The summed E-state index contributed by atoms with van der Waals surface area (Å²) in [4.78, 5) is 24.6. The first-order chi connectivity index (χ1) is 7.04. The number of nitrogens with one attached hydrogen (secondary N) is 1. The summed E-state index contributed by atoms with van der Waals surface area (Å²) in [6.45, 7) is 8.46. The molecule has 4 heteroatoms. The van der Waals surface area contributed by atoms with Crippen LogP contribution in [0, 0.1) is 5.92 Å². The topological polar surface area (TPSA) is 49.4 Å². The number of hydrogen-bond donors (Lipinski definition) is 1. The average Bonchev–Trinajstić information content (AvgIpc) is 2.64. The van der Waals surface area contributed by atoms with Gasteiger partial charge in [0, 0.05) is 19.1 Å². The Kier molecular flexibility index (Phi) is 3.88. The van der Waals surface area contributed by atoms with Gasteiger partial charge in [-0.3, -0.25) is 9.59 Å². The summed E-state index contributed by atoms with van der Waals surface area (Å²) >= 11 is 0. The van der Waals surface area contributed by atoms with Crippen molar-refractivity contribution < 1.29 is 9.59 Å². The first kappa shape index (κ1) is 11.8. The van der Waals surface area contributed by atoms with Gasteiger partial charge in [-0.15, -0.1) is 0 Å². The van der Waals surface area contributed by atoms with Crippen LogP contribution in [-0.4, -0.2) is 35.8 Å². The van der Waals surface area contributed by atoms with E-state index in [9.17, 15) is 9.59 Å². The van der Waals surface area contributed by atoms with E-state index in [2.05, 4.69) is 11.9 Å². The van der Waals surface area contributed by atoms with Gasteiger partial charge >= 0.3 is 0 Å². The van der Waals surface area contributed by atoms with Crippen molar-refractivity contribution in [2.45, 2.75) is 26.3 Å². The quantitative estimate of drug-likeness (QED) is 0.691. The molecule has 84 valence electrons. The maximum atomic E-state index is 11.6. The van der Waals surface area contributed by atoms with Crippen LogP contribution in [0.5, 0.6) is 0 Å². The van der Waals surface area contributed by atoms with E-state index in [-0.39, 0.29) is 23.8 Å². The second-order valence-corrected chi connectivity index (χ2v) is 4.14. The second kappa shape index (κ2) is 4.96. The van der Waals surface area contributed by atoms with E-state index in [0.29, 0.717) is 13.1 Å². The summed E-state index contributed by atoms with van der Waals surface area (Å²) in [6.07, 6.45) is 2.04. The van der Waals surface area contributed by atoms with Gasteiger partial charge in [0.2, 0.25) is 11.8 Å². The molecule has 1 heterocycles. The normalized spacial score (nSPS) is 20.5. The summed E-state index contributed by atoms with van der Waals surface area (Å²) in [6, 6.07) is 0.154. The second-order valence-electron chi connectivity index (χ2n) is 4.14. The molecule has 0 saturated carbocycles. The van der Waals surface area contributed by atoms with E-state index >= 15 is 0 Å². The Bertz CT molecular complexity index is 274. The standard InChI is InChI=1S/C11H18N2O2/c1-4-10(14)13-6-5-9(7-13)11(15)12-8(2)3/h4,8-9H,1,5-7H2,2-3H3,(H,12,15). The zero-order valence-electron chi connectivity index (χ0n) is 9.32. The Hall–Kier alpha value is -1.32. The zero-order valence-corrected chi connectivity index (χ0v) is 9.32. The fraction of sp³-hybridized carbons (Fsp3) is 0.636. The molecule has 1 fully saturated rings. The number of nitrogens with zero attached hydrogens (tertiary/aromatic N) is 1. The predicted molar refractivity (Wildman–Crippen MR) is 58.2 cm³/mol. The number of amides is 2. The van der Waals surface area contributed by atoms with Crippen LogP contribution in [0.15, 0.2) is 12.7 Å². The van der Waals surface area contributed by atoms with E-state index in [1.807, 2.05) is 13.8 Å². The van der Waals surface area contributed by atoms with Gasteiger partial charge in [-0.25, -0.2) is 0 Å². The molecule has 15 heavy (non-hydrogen) atoms. The molecule has 1 unspecified atom stereocenters. The molecule has 1 N–H and O–H groups in total. The minimum absolute atomic E-state index is 0.0457. The van der Waals surface area contributed by atoms with Crippen LogP contribution in [0.4, 0.5) is 0 Å². The average molecular weight is 210 g/mol. The van der Waals surface area contributed by atoms with Crippen molar-refractivity contribution in [1.29, 1.82) is 0 Å². The van der Waals surface area contributed by atoms with Crippen LogP contribution in [0.3, 0.4) is 0 Å². The van der Waals surface area contributed by atoms with Crippen molar-refractivity contribution in [2.24, 2.45) is 5.92 Å². The van der Waals surface area contributed by atoms with E-state index in [1.165, 1.54) is 6.08 Å². The summed E-state index contributed by atoms with van der Waals surface area (Å²) in [5.74, 6) is -0.101. The highest BCUT2D eigenvalue weighted by Gasteiger charge is 2.29. The Morgan fingerprint density at radius 1 is 1.53 bits per heavy atom. The van der Waals surface area contributed by atoms with Crippen molar-refractivity contribution in [3.8, 4) is 0 Å². The van der Waals surface area contributed by atoms with Gasteiger partial charge in [-0.1, -0.05) is 6.58 Å². The molecule has 4 nitrogen and oxygen atoms in total. The van der Waals surface area contributed by atoms with Crippen molar-refractivity contribution in [1.82, 2.24) is 10.2 Å². The maximum Gasteiger partial charge on any atom is 0.245 e. The number of hydrogen-bond acceptors (Lipinski definition) is 2. The Balaban J connectivity index is 2.45. The number of carbonyl (C=O) groups excluding carboxylic acids is 2. The van der Waals surface area contributed by atoms with Crippen molar-refractivity contribution >= 4 is 11.8 Å². The monoisotopic (exact) mass is 210 g/mol. The third-order valence-corrected chi connectivity index (χ3v) is 2.48. The fourth-order valence-corrected chi connectivity index (χ4v) is 1.71. The molecular weight excluding hydrogens is 192 g/mol. The third kappa shape index (κ3) is 3.08. The Morgan fingerprint density at radius 3 is 2.73 bits per heavy atom. The lowest BCUT2D eigenvalue weighted by Gasteiger charge is -2.15. The maximum absolute atomic E-state index is 11.6. The molecule has 1 aliphatic rings. The van der Waals surface area contributed by atoms with Crippen molar-refractivity contribution in [3.63, 3.8) is 0 Å². The molecule has 1 saturated heterocycles. The lowest BCUT2D eigenvalue weighted by molar-refractivity contribution is -0.126. The molecule has 1 atom stereocenters. The molecule has 2 amide bonds. The molecule has 1 rings (SSSR count). The van der Waals surface area contributed by atoms with E-state index in [1.54, 1.807) is 4.90 Å². The highest BCUT2D eigenvalue weighted by molar-refractivity contribution is 5.88. The summed E-state index contributed by atoms with van der Waals surface area (Å²) in [5, 5.41) is 2.86. The first-order valence-corrected chi connectivity index (χ1v) is 5.26. The molecule has 0 spiro atoms. The van der Waals surface area contributed by atoms with Crippen LogP contribution in [0.2, 0.25) is 0 Å². The van der Waals surface area contributed by atoms with Gasteiger partial charge in [-0.05, 0) is 26.3 Å². The highest BCUT2D eigenvalue weighted by Crippen LogP contribution is 2.16. The van der Waals surface area contributed by atoms with Gasteiger partial charge < -0.3 is 10.2 Å². The zero-order chi connectivity index (χ0) is 11.4. The van der Waals surface area contributed by atoms with E-state index < -0.39 is 0 Å². The molecule has 0 bridgehead atoms. The molecule has 0 aromatic carbocycles. The fourth-order valence-electron chi connectivity index (χ4n) is 1.71. The highest BCUT2D eigenvalue weighted by atomic mass is 16.2. The Morgan fingerprint density at radius 2 is 2.20 bits per heavy atom. The summed E-state index contributed by atoms with van der Waals surface area (Å²) < 4.78 is 0. The van der Waals surface area contributed by atoms with Gasteiger partial charge in [0.1, 0.15) is 0 Å². The molecular formula is C11H18N2O2. The van der Waals surface area contributed by atoms with Gasteiger partial charge in [0.05, 0.1) is 5.92 Å². The predicted octanol–water partition coefficient (Wildman–Crippen LogP) is 0.545. The van der Waals surface area contributed by atoms with Crippen LogP contribution < -0.4 is 5.32 Å². The van der Waals surface area contributed by atoms with Gasteiger partial charge in [-0.2, -0.15) is 0 Å². The largest absolute Gasteiger partial charge is 0.354 e. The number of rotatable bonds is 3. The van der Waals surface area contributed by atoms with Crippen LogP contribution in [-0.2, 0) is 9.59 Å². The van der Waals surface area contributed by atoms with Crippen molar-refractivity contribution in [3.05, 3.63) is 12.7 Å². The SMILES string of the molecule is C=CC(=O)N1CCC(C(=O)NC(C)C)C1. The van der Waals surface area contributed by atoms with Crippen molar-refractivity contribution in [2.75, 3.05) is 13.1 Å². The first-order valence-electron chi connectivity index (χ1n) is 5.26. The molecule has 0 aromatic rings. The molecule has 0 aliphatic carbocycles. The van der Waals surface area contributed by atoms with Gasteiger partial charge in [0.25, 0.3) is 0 Å². The van der Waals surface area contributed by atoms with E-state index in [4.69, 9.17) is 0 Å². The minimum atomic E-state index is -0.0881. The van der Waals surface area contributed by atoms with Crippen LogP contribution >= 0.6 is 0 Å². The number of likely N-dealkylation sites (tertiary alicyclic amines) is 1. The lowest BCUT2D eigenvalue weighted by atomic mass is 10.1. The minimum Gasteiger partial charge on any atom is -0.354 e. The van der Waals surface area contributed by atoms with Gasteiger partial charge in [0.15, 0.2) is 0 Å². The Labute approximate surface area is 90.3 Å². The number of carbonyl (C=O) groups is 2. The summed E-state index contributed by atoms with van der Waals surface area (Å²) in [5.41, 5.74) is 0. The smallest absolute Gasteiger partial charge is 0.245 e. The third-order valence-electron chi connectivity index (χ3n) is 2.48.